The fourth-order valence-electron chi connectivity index (χ4n) is 1.95. The summed E-state index contributed by atoms with van der Waals surface area (Å²) < 4.78 is 0. The van der Waals surface area contributed by atoms with E-state index in [0.717, 1.165) is 25.1 Å². The van der Waals surface area contributed by atoms with Crippen molar-refractivity contribution >= 4 is 5.91 Å². The zero-order valence-electron chi connectivity index (χ0n) is 10.5. The van der Waals surface area contributed by atoms with Gasteiger partial charge in [0.1, 0.15) is 5.75 Å². The number of phenolic OH excluding ortho intramolecular Hbond substituents is 1. The van der Waals surface area contributed by atoms with Crippen molar-refractivity contribution in [1.29, 1.82) is 0 Å². The van der Waals surface area contributed by atoms with Crippen molar-refractivity contribution in [2.45, 2.75) is 13.3 Å². The van der Waals surface area contributed by atoms with Gasteiger partial charge in [0.2, 0.25) is 0 Å². The fourth-order valence-corrected chi connectivity index (χ4v) is 1.95. The molecule has 0 aromatic heterocycles. The van der Waals surface area contributed by atoms with Gasteiger partial charge in [-0.05, 0) is 32.0 Å². The highest BCUT2D eigenvalue weighted by Gasteiger charge is 2.11. The van der Waals surface area contributed by atoms with E-state index < -0.39 is 0 Å². The minimum absolute atomic E-state index is 0.0254. The maximum atomic E-state index is 11.9. The highest BCUT2D eigenvalue weighted by Crippen LogP contribution is 2.18. The molecule has 0 spiro atoms. The monoisotopic (exact) mass is 246 g/mol. The van der Waals surface area contributed by atoms with Crippen LogP contribution in [0.1, 0.15) is 22.3 Å². The summed E-state index contributed by atoms with van der Waals surface area (Å²) in [4.78, 5) is 11.9. The minimum Gasteiger partial charge on any atom is -0.507 e. The van der Waals surface area contributed by atoms with Gasteiger partial charge < -0.3 is 15.7 Å². The maximum absolute atomic E-state index is 11.9. The number of rotatable bonds is 3. The number of hydrogen-bond donors (Lipinski definition) is 3. The average molecular weight is 246 g/mol. The molecule has 1 amide bonds. The quantitative estimate of drug-likeness (QED) is 0.705. The largest absolute Gasteiger partial charge is 0.507 e. The average Bonchev–Trinajstić information content (AvgIpc) is 2.40. The molecule has 0 fully saturated rings. The highest BCUT2D eigenvalue weighted by molar-refractivity contribution is 5.97. The third kappa shape index (κ3) is 3.11. The van der Waals surface area contributed by atoms with Crippen LogP contribution >= 0.6 is 0 Å². The molecule has 1 aromatic carbocycles. The van der Waals surface area contributed by atoms with Gasteiger partial charge in [-0.2, -0.15) is 0 Å². The summed E-state index contributed by atoms with van der Waals surface area (Å²) in [5, 5.41) is 15.7. The first-order valence-corrected chi connectivity index (χ1v) is 6.13. The van der Waals surface area contributed by atoms with Crippen LogP contribution in [0.25, 0.3) is 0 Å². The Hall–Kier alpha value is -1.81. The number of carbonyl (C=O) groups is 1. The first-order chi connectivity index (χ1) is 8.66. The highest BCUT2D eigenvalue weighted by atomic mass is 16.3. The Kier molecular flexibility index (Phi) is 3.99. The summed E-state index contributed by atoms with van der Waals surface area (Å²) in [6.07, 6.45) is 3.06. The van der Waals surface area contributed by atoms with Gasteiger partial charge >= 0.3 is 0 Å². The summed E-state index contributed by atoms with van der Waals surface area (Å²) in [6.45, 7) is 4.26. The van der Waals surface area contributed by atoms with Crippen molar-refractivity contribution < 1.29 is 9.90 Å². The molecule has 4 nitrogen and oxygen atoms in total. The molecule has 1 aromatic rings. The van der Waals surface area contributed by atoms with Crippen molar-refractivity contribution in [2.24, 2.45) is 0 Å². The van der Waals surface area contributed by atoms with Crippen molar-refractivity contribution in [2.75, 3.05) is 19.6 Å². The number of carbonyl (C=O) groups excluding carboxylic acids is 1. The molecule has 1 aliphatic rings. The Balaban J connectivity index is 1.99. The molecule has 0 unspecified atom stereocenters. The Bertz CT molecular complexity index is 481. The Morgan fingerprint density at radius 2 is 2.33 bits per heavy atom. The first-order valence-electron chi connectivity index (χ1n) is 6.13. The normalized spacial score (nSPS) is 15.1. The SMILES string of the molecule is Cc1ccc(O)c(C(=O)NCC2=CCNCC2)c1. The molecule has 0 bridgehead atoms. The van der Waals surface area contributed by atoms with E-state index in [2.05, 4.69) is 16.7 Å². The molecular formula is C14H18N2O2. The van der Waals surface area contributed by atoms with Crippen molar-refractivity contribution in [3.8, 4) is 5.75 Å². The lowest BCUT2D eigenvalue weighted by Gasteiger charge is -2.15. The van der Waals surface area contributed by atoms with Gasteiger partial charge in [-0.1, -0.05) is 23.3 Å². The molecule has 0 saturated heterocycles. The predicted octanol–water partition coefficient (Wildman–Crippen LogP) is 1.35. The van der Waals surface area contributed by atoms with Crippen LogP contribution in [0.2, 0.25) is 0 Å². The summed E-state index contributed by atoms with van der Waals surface area (Å²) in [6, 6.07) is 5.02. The summed E-state index contributed by atoms with van der Waals surface area (Å²) in [5.41, 5.74) is 2.53. The van der Waals surface area contributed by atoms with Gasteiger partial charge in [-0.15, -0.1) is 0 Å². The lowest BCUT2D eigenvalue weighted by molar-refractivity contribution is 0.0954. The van der Waals surface area contributed by atoms with Gasteiger partial charge in [0.15, 0.2) is 0 Å². The molecule has 1 heterocycles. The summed E-state index contributed by atoms with van der Waals surface area (Å²) in [5.74, 6) is -0.201. The molecule has 1 aliphatic heterocycles. The standard InChI is InChI=1S/C14H18N2O2/c1-10-2-3-13(17)12(8-10)14(18)16-9-11-4-6-15-7-5-11/h2-4,8,15,17H,5-7,9H2,1H3,(H,16,18). The van der Waals surface area contributed by atoms with Gasteiger partial charge in [0, 0.05) is 13.1 Å². The van der Waals surface area contributed by atoms with E-state index in [1.165, 1.54) is 5.57 Å². The number of nitrogens with one attached hydrogen (secondary N) is 2. The molecule has 0 saturated carbocycles. The number of aromatic hydroxyl groups is 1. The van der Waals surface area contributed by atoms with Crippen LogP contribution in [0.15, 0.2) is 29.8 Å². The van der Waals surface area contributed by atoms with E-state index in [0.29, 0.717) is 12.1 Å². The molecule has 4 heteroatoms. The van der Waals surface area contributed by atoms with E-state index in [1.54, 1.807) is 18.2 Å². The Morgan fingerprint density at radius 3 is 3.06 bits per heavy atom. The third-order valence-corrected chi connectivity index (χ3v) is 3.03. The molecule has 96 valence electrons. The number of aryl methyl sites for hydroxylation is 1. The Morgan fingerprint density at radius 1 is 1.50 bits per heavy atom. The molecular weight excluding hydrogens is 228 g/mol. The zero-order valence-corrected chi connectivity index (χ0v) is 10.5. The molecule has 18 heavy (non-hydrogen) atoms. The van der Waals surface area contributed by atoms with Crippen LogP contribution in [-0.4, -0.2) is 30.6 Å². The van der Waals surface area contributed by atoms with E-state index in [4.69, 9.17) is 0 Å². The topological polar surface area (TPSA) is 61.4 Å². The third-order valence-electron chi connectivity index (χ3n) is 3.03. The van der Waals surface area contributed by atoms with E-state index in [1.807, 2.05) is 6.92 Å². The number of amides is 1. The van der Waals surface area contributed by atoms with Crippen molar-refractivity contribution in [1.82, 2.24) is 10.6 Å². The number of hydrogen-bond acceptors (Lipinski definition) is 3. The second-order valence-corrected chi connectivity index (χ2v) is 4.52. The molecule has 2 rings (SSSR count). The fraction of sp³-hybridized carbons (Fsp3) is 0.357. The molecule has 0 radical (unpaired) electrons. The summed E-state index contributed by atoms with van der Waals surface area (Å²) >= 11 is 0. The van der Waals surface area contributed by atoms with Crippen LogP contribution in [-0.2, 0) is 0 Å². The van der Waals surface area contributed by atoms with E-state index in [-0.39, 0.29) is 11.7 Å². The maximum Gasteiger partial charge on any atom is 0.255 e. The van der Waals surface area contributed by atoms with Gasteiger partial charge in [0.05, 0.1) is 5.56 Å². The van der Waals surface area contributed by atoms with Crippen LogP contribution in [0.3, 0.4) is 0 Å². The minimum atomic E-state index is -0.226. The van der Waals surface area contributed by atoms with Crippen LogP contribution in [0, 0.1) is 6.92 Å². The number of benzene rings is 1. The lowest BCUT2D eigenvalue weighted by Crippen LogP contribution is -2.29. The van der Waals surface area contributed by atoms with Crippen LogP contribution < -0.4 is 10.6 Å². The molecule has 0 aliphatic carbocycles. The van der Waals surface area contributed by atoms with Gasteiger partial charge in [0.25, 0.3) is 5.91 Å². The first kappa shape index (κ1) is 12.6. The molecule has 0 atom stereocenters. The second-order valence-electron chi connectivity index (χ2n) is 4.52. The van der Waals surface area contributed by atoms with Crippen LogP contribution in [0.5, 0.6) is 5.75 Å². The Labute approximate surface area is 107 Å². The van der Waals surface area contributed by atoms with Crippen LogP contribution in [0.4, 0.5) is 0 Å². The predicted molar refractivity (Wildman–Crippen MR) is 70.7 cm³/mol. The van der Waals surface area contributed by atoms with E-state index in [9.17, 15) is 9.90 Å². The van der Waals surface area contributed by atoms with Crippen molar-refractivity contribution in [3.05, 3.63) is 41.0 Å². The van der Waals surface area contributed by atoms with Gasteiger partial charge in [-0.3, -0.25) is 4.79 Å². The second kappa shape index (κ2) is 5.69. The smallest absolute Gasteiger partial charge is 0.255 e. The lowest BCUT2D eigenvalue weighted by atomic mass is 10.1. The van der Waals surface area contributed by atoms with E-state index >= 15 is 0 Å². The summed E-state index contributed by atoms with van der Waals surface area (Å²) in [7, 11) is 0. The number of phenols is 1. The van der Waals surface area contributed by atoms with Gasteiger partial charge in [-0.25, -0.2) is 0 Å². The zero-order chi connectivity index (χ0) is 13.0. The molecule has 3 N–H and O–H groups in total. The van der Waals surface area contributed by atoms with Crippen molar-refractivity contribution in [3.63, 3.8) is 0 Å².